The third kappa shape index (κ3) is 15.7. The van der Waals surface area contributed by atoms with Gasteiger partial charge in [0.2, 0.25) is 0 Å². The van der Waals surface area contributed by atoms with Crippen molar-refractivity contribution in [3.8, 4) is 0 Å². The number of nitrogens with zero attached hydrogens (tertiary/aromatic N) is 1. The average Bonchev–Trinajstić information content (AvgIpc) is 2.09. The van der Waals surface area contributed by atoms with Gasteiger partial charge in [-0.3, -0.25) is 9.59 Å². The number of hydrogen-bond donors (Lipinski definition) is 4. The van der Waals surface area contributed by atoms with E-state index in [4.69, 9.17) is 59.0 Å². The molecule has 10 rings (SSSR count). The van der Waals surface area contributed by atoms with Crippen molar-refractivity contribution < 1.29 is 81.8 Å². The van der Waals surface area contributed by atoms with E-state index in [2.05, 4.69) is 44.7 Å². The summed E-state index contributed by atoms with van der Waals surface area (Å²) in [6.07, 6.45) is 11.1. The zero-order chi connectivity index (χ0) is 63.2. The van der Waals surface area contributed by atoms with Crippen LogP contribution in [0.25, 0.3) is 0 Å². The maximum atomic E-state index is 14.3. The first-order chi connectivity index (χ1) is 42.0. The summed E-state index contributed by atoms with van der Waals surface area (Å²) in [5, 5.41) is 45.8. The van der Waals surface area contributed by atoms with Crippen LogP contribution in [0.3, 0.4) is 0 Å². The Hall–Kier alpha value is -4.06. The number of aliphatic hydroxyl groups is 4. The normalized spacial score (nSPS) is 38.2. The van der Waals surface area contributed by atoms with E-state index in [0.717, 1.165) is 43.6 Å². The number of aliphatic hydroxyl groups excluding tert-OH is 2. The fourth-order valence-corrected chi connectivity index (χ4v) is 14.1. The molecule has 0 aromatic heterocycles. The monoisotopic (exact) mass is 1250 g/mol. The number of ketones is 1. The van der Waals surface area contributed by atoms with Crippen LogP contribution in [0.1, 0.15) is 136 Å². The van der Waals surface area contributed by atoms with Crippen LogP contribution in [0.5, 0.6) is 0 Å². The molecule has 88 heavy (non-hydrogen) atoms. The predicted molar refractivity (Wildman–Crippen MR) is 328 cm³/mol. The quantitative estimate of drug-likeness (QED) is 0.0788. The van der Waals surface area contributed by atoms with Crippen molar-refractivity contribution in [1.82, 2.24) is 4.90 Å². The van der Waals surface area contributed by atoms with Crippen LogP contribution in [0.2, 0.25) is 5.02 Å². The third-order valence-electron chi connectivity index (χ3n) is 19.6. The van der Waals surface area contributed by atoms with E-state index < -0.39 is 96.4 Å². The van der Waals surface area contributed by atoms with E-state index in [1.54, 1.807) is 40.2 Å². The smallest absolute Gasteiger partial charge is 0.316 e. The number of allylic oxidation sites excluding steroid dienone is 2. The highest BCUT2D eigenvalue weighted by molar-refractivity contribution is 6.30. The molecule has 19 heteroatoms. The van der Waals surface area contributed by atoms with Gasteiger partial charge in [-0.1, -0.05) is 94.3 Å². The Kier molecular flexibility index (Phi) is 23.1. The maximum Gasteiger partial charge on any atom is 0.316 e. The summed E-state index contributed by atoms with van der Waals surface area (Å²) in [7, 11) is 3.22. The minimum absolute atomic E-state index is 0.0317. The Labute approximate surface area is 524 Å². The zero-order valence-corrected chi connectivity index (χ0v) is 53.6. The fourth-order valence-electron chi connectivity index (χ4n) is 14.0. The van der Waals surface area contributed by atoms with E-state index in [1.165, 1.54) is 24.3 Å². The Morgan fingerprint density at radius 2 is 1.53 bits per heavy atom. The van der Waals surface area contributed by atoms with Gasteiger partial charge in [-0.15, -0.1) is 0 Å². The fraction of sp³-hybridized carbons (Fsp3) is 0.652. The van der Waals surface area contributed by atoms with Crippen molar-refractivity contribution in [2.45, 2.75) is 222 Å². The van der Waals surface area contributed by atoms with Crippen LogP contribution in [-0.2, 0) is 57.8 Å². The molecular weight excluding hydrogens is 1150 g/mol. The van der Waals surface area contributed by atoms with Gasteiger partial charge in [0.25, 0.3) is 0 Å². The summed E-state index contributed by atoms with van der Waals surface area (Å²) >= 11 is 5.92. The molecule has 1 spiro atoms. The summed E-state index contributed by atoms with van der Waals surface area (Å²) in [4.78, 5) is 28.7. The third-order valence-corrected chi connectivity index (χ3v) is 19.9. The first-order valence-electron chi connectivity index (χ1n) is 31.8. The number of rotatable bonds is 14. The number of fused-ring (bicyclic) bond motifs is 2. The van der Waals surface area contributed by atoms with Crippen molar-refractivity contribution in [3.05, 3.63) is 130 Å². The average molecular weight is 1250 g/mol. The number of halogens is 2. The van der Waals surface area contributed by atoms with Crippen molar-refractivity contribution in [2.24, 2.45) is 23.7 Å². The zero-order valence-electron chi connectivity index (χ0n) is 52.8. The van der Waals surface area contributed by atoms with E-state index in [-0.39, 0.29) is 54.3 Å². The Morgan fingerprint density at radius 1 is 0.852 bits per heavy atom. The van der Waals surface area contributed by atoms with Crippen LogP contribution in [0, 0.1) is 29.5 Å². The lowest BCUT2D eigenvalue weighted by atomic mass is 9.71. The second-order valence-electron chi connectivity index (χ2n) is 25.9. The van der Waals surface area contributed by atoms with Crippen molar-refractivity contribution >= 4 is 23.4 Å². The predicted octanol–water partition coefficient (Wildman–Crippen LogP) is 9.80. The van der Waals surface area contributed by atoms with E-state index in [1.807, 2.05) is 56.3 Å². The van der Waals surface area contributed by atoms with Gasteiger partial charge in [-0.2, -0.15) is 0 Å². The van der Waals surface area contributed by atoms with Gasteiger partial charge in [0.1, 0.15) is 47.9 Å². The maximum absolute atomic E-state index is 14.3. The molecular formula is C69H95ClFNO16. The van der Waals surface area contributed by atoms with Gasteiger partial charge in [0.15, 0.2) is 24.2 Å². The molecule has 2 aromatic carbocycles. The van der Waals surface area contributed by atoms with Crippen LogP contribution >= 0.6 is 11.6 Å². The lowest BCUT2D eigenvalue weighted by Crippen LogP contribution is -2.58. The number of methoxy groups -OCH3 is 2. The molecule has 7 aliphatic heterocycles. The van der Waals surface area contributed by atoms with Gasteiger partial charge in [0.05, 0.1) is 54.9 Å². The number of likely N-dealkylation sites (tertiary alicyclic amines) is 1. The minimum Gasteiger partial charge on any atom is -0.462 e. The molecule has 7 heterocycles. The van der Waals surface area contributed by atoms with Crippen molar-refractivity contribution in [2.75, 3.05) is 40.5 Å². The molecule has 20 unspecified atom stereocenters. The molecule has 0 saturated carbocycles. The number of piperidine rings is 1. The first-order valence-corrected chi connectivity index (χ1v) is 32.2. The topological polar surface area (TPSA) is 211 Å². The minimum atomic E-state index is -1.84. The Bertz CT molecular complexity index is 2820. The van der Waals surface area contributed by atoms with E-state index in [0.29, 0.717) is 73.1 Å². The molecule has 5 fully saturated rings. The van der Waals surface area contributed by atoms with Gasteiger partial charge in [-0.25, -0.2) is 4.39 Å². The molecule has 2 bridgehead atoms. The van der Waals surface area contributed by atoms with Crippen LogP contribution < -0.4 is 0 Å². The van der Waals surface area contributed by atoms with Crippen LogP contribution in [-0.4, -0.2) is 175 Å². The van der Waals surface area contributed by atoms with E-state index in [9.17, 15) is 34.4 Å². The molecule has 4 N–H and O–H groups in total. The first kappa shape index (κ1) is 68.3. The molecule has 17 nitrogen and oxygen atoms in total. The highest BCUT2D eigenvalue weighted by Gasteiger charge is 2.60. The summed E-state index contributed by atoms with van der Waals surface area (Å²) < 4.78 is 76.6. The highest BCUT2D eigenvalue weighted by atomic mass is 35.5. The van der Waals surface area contributed by atoms with Gasteiger partial charge in [-0.05, 0) is 131 Å². The SMILES string of the molecule is CCC(C)C1OC2(C=CC1C)CC1CC(CC=C(C)C(OC3CC(OC)C(OC4CC(OC)C(O)C(C)O4)C(C)O3)C(C)C=CC=C3COC4C(O)C(C)=CC(C(=O)O1)C34O)O2.O=C(CCCN1CCC(O)(c2ccc(Cl)cc2)CC1)c1ccc(F)cc1. The number of Topliss-reactive ketones (excluding diaryl/α,β-unsaturated/α-hetero) is 1. The van der Waals surface area contributed by atoms with Crippen LogP contribution in [0.4, 0.5) is 4.39 Å². The molecule has 0 amide bonds. The van der Waals surface area contributed by atoms with Gasteiger partial charge < -0.3 is 72.7 Å². The highest BCUT2D eigenvalue weighted by Crippen LogP contribution is 2.47. The number of carbonyl (C=O) groups excluding carboxylic acids is 2. The second-order valence-corrected chi connectivity index (χ2v) is 26.3. The summed E-state index contributed by atoms with van der Waals surface area (Å²) in [5.74, 6) is -2.85. The largest absolute Gasteiger partial charge is 0.462 e. The lowest BCUT2D eigenvalue weighted by Gasteiger charge is -2.48. The van der Waals surface area contributed by atoms with Crippen molar-refractivity contribution in [1.29, 1.82) is 0 Å². The lowest BCUT2D eigenvalue weighted by molar-refractivity contribution is -0.318. The Morgan fingerprint density at radius 3 is 2.23 bits per heavy atom. The Balaban J connectivity index is 0.000000294. The molecule has 5 saturated heterocycles. The van der Waals surface area contributed by atoms with E-state index >= 15 is 0 Å². The number of hydrogen-bond acceptors (Lipinski definition) is 17. The molecule has 486 valence electrons. The van der Waals surface area contributed by atoms with Gasteiger partial charge >= 0.3 is 5.97 Å². The standard InChI is InChI=1S/C48H72O14.C21H23ClFNO2/c1-11-25(2)43-28(5)17-18-47(62-43)23-34-20-33(61-47)16-15-27(4)42(26(3)13-12-14-32-24-55-45-40(49)29(6)19-35(46(51)58-34)48(32,45)52)59-39-22-37(54-10)44(31(8)57-39)60-38-21-36(53-9)41(50)30(7)56-38;22-18-7-5-17(6-8-18)21(26)11-14-24(15-12-21)13-1-2-20(25)16-3-9-19(23)10-4-16/h12-15,17-19,25-26,28,30-31,33-45,49-50,52H,11,16,20-24H2,1-10H3;3-10,26H,1-2,11-15H2. The number of esters is 1. The summed E-state index contributed by atoms with van der Waals surface area (Å²) in [6.45, 7) is 18.5. The molecule has 8 aliphatic rings. The molecule has 1 aliphatic carbocycles. The number of carbonyl (C=O) groups is 2. The number of ether oxygens (including phenoxy) is 10. The summed E-state index contributed by atoms with van der Waals surface area (Å²) in [6, 6.07) is 13.1. The van der Waals surface area contributed by atoms with Gasteiger partial charge in [0, 0.05) is 81.8 Å². The second kappa shape index (κ2) is 29.7. The van der Waals surface area contributed by atoms with Crippen LogP contribution in [0.15, 0.2) is 108 Å². The molecule has 2 aromatic rings. The molecule has 0 radical (unpaired) electrons. The number of benzene rings is 2. The summed E-state index contributed by atoms with van der Waals surface area (Å²) in [5.41, 5.74) is 0.801. The van der Waals surface area contributed by atoms with Crippen molar-refractivity contribution in [3.63, 3.8) is 0 Å². The molecule has 20 atom stereocenters.